The van der Waals surface area contributed by atoms with Gasteiger partial charge in [0.25, 0.3) is 0 Å². The maximum Gasteiger partial charge on any atom is 0.311 e. The first-order valence-electron chi connectivity index (χ1n) is 10.6. The number of aliphatic hydroxyl groups excluding tert-OH is 2. The molecule has 6 atom stereocenters. The van der Waals surface area contributed by atoms with E-state index in [9.17, 15) is 19.8 Å². The van der Waals surface area contributed by atoms with Crippen molar-refractivity contribution in [2.45, 2.75) is 69.7 Å². The van der Waals surface area contributed by atoms with Crippen LogP contribution in [-0.4, -0.2) is 53.5 Å². The summed E-state index contributed by atoms with van der Waals surface area (Å²) >= 11 is 0. The third-order valence-electron chi connectivity index (χ3n) is 6.15. The molecule has 0 aromatic heterocycles. The molecular weight excluding hydrogens is 360 g/mol. The summed E-state index contributed by atoms with van der Waals surface area (Å²) in [4.78, 5) is 25.4. The van der Waals surface area contributed by atoms with E-state index >= 15 is 0 Å². The lowest BCUT2D eigenvalue weighted by atomic mass is 9.64. The molecule has 0 amide bonds. The molecule has 2 N–H and O–H groups in total. The number of fused-ring (bicyclic) bond motifs is 1. The minimum atomic E-state index is -1.02. The molecule has 3 rings (SSSR count). The van der Waals surface area contributed by atoms with Gasteiger partial charge in [-0.1, -0.05) is 18.2 Å². The molecule has 28 heavy (non-hydrogen) atoms. The number of hydrogen-bond donors (Lipinski definition) is 2. The largest absolute Gasteiger partial charge is 0.465 e. The van der Waals surface area contributed by atoms with Crippen LogP contribution in [0.15, 0.2) is 24.3 Å². The van der Waals surface area contributed by atoms with Gasteiger partial charge in [0.1, 0.15) is 0 Å². The molecule has 3 aliphatic rings. The van der Waals surface area contributed by atoms with E-state index in [1.54, 1.807) is 6.08 Å². The zero-order valence-electron chi connectivity index (χ0n) is 16.4. The van der Waals surface area contributed by atoms with Crippen molar-refractivity contribution in [1.29, 1.82) is 0 Å². The Kier molecular flexibility index (Phi) is 7.82. The van der Waals surface area contributed by atoms with Gasteiger partial charge in [-0.15, -0.1) is 0 Å². The molecule has 6 heteroatoms. The molecule has 0 aromatic rings. The SMILES string of the molecule is O=C1/C=C/CC/C=C/CCOC(=O)C2C(O)CC(O)C(C3CCCCO3)C2C1. The van der Waals surface area contributed by atoms with Gasteiger partial charge in [0.2, 0.25) is 0 Å². The molecule has 156 valence electrons. The first-order chi connectivity index (χ1) is 13.6. The summed E-state index contributed by atoms with van der Waals surface area (Å²) in [6.45, 7) is 0.876. The first kappa shape index (κ1) is 21.2. The molecule has 6 nitrogen and oxygen atoms in total. The second-order valence-corrected chi connectivity index (χ2v) is 8.12. The van der Waals surface area contributed by atoms with E-state index in [1.807, 2.05) is 18.2 Å². The summed E-state index contributed by atoms with van der Waals surface area (Å²) < 4.78 is 11.4. The van der Waals surface area contributed by atoms with E-state index in [4.69, 9.17) is 9.47 Å². The van der Waals surface area contributed by atoms with Crippen molar-refractivity contribution < 1.29 is 29.3 Å². The monoisotopic (exact) mass is 392 g/mol. The normalized spacial score (nSPS) is 40.6. The van der Waals surface area contributed by atoms with E-state index in [1.165, 1.54) is 0 Å². The van der Waals surface area contributed by atoms with E-state index in [2.05, 4.69) is 0 Å². The maximum atomic E-state index is 12.8. The fourth-order valence-electron chi connectivity index (χ4n) is 4.82. The second kappa shape index (κ2) is 10.3. The summed E-state index contributed by atoms with van der Waals surface area (Å²) in [5.74, 6) is -2.24. The van der Waals surface area contributed by atoms with Crippen molar-refractivity contribution in [3.63, 3.8) is 0 Å². The zero-order chi connectivity index (χ0) is 19.9. The predicted molar refractivity (Wildman–Crippen MR) is 103 cm³/mol. The number of cyclic esters (lactones) is 1. The van der Waals surface area contributed by atoms with E-state index in [-0.39, 0.29) is 37.3 Å². The van der Waals surface area contributed by atoms with Crippen molar-refractivity contribution in [1.82, 2.24) is 0 Å². The lowest BCUT2D eigenvalue weighted by Crippen LogP contribution is -2.54. The molecule has 0 aromatic carbocycles. The van der Waals surface area contributed by atoms with Gasteiger partial charge in [-0.2, -0.15) is 0 Å². The highest BCUT2D eigenvalue weighted by molar-refractivity contribution is 5.90. The van der Waals surface area contributed by atoms with Gasteiger partial charge in [0, 0.05) is 25.4 Å². The van der Waals surface area contributed by atoms with Crippen LogP contribution in [0.1, 0.15) is 51.4 Å². The fourth-order valence-corrected chi connectivity index (χ4v) is 4.82. The molecule has 0 radical (unpaired) electrons. The van der Waals surface area contributed by atoms with Gasteiger partial charge in [-0.25, -0.2) is 0 Å². The molecule has 0 bridgehead atoms. The highest BCUT2D eigenvalue weighted by Crippen LogP contribution is 2.43. The Hall–Kier alpha value is -1.50. The van der Waals surface area contributed by atoms with Crippen molar-refractivity contribution in [3.8, 4) is 0 Å². The Morgan fingerprint density at radius 1 is 0.929 bits per heavy atom. The molecule has 1 saturated heterocycles. The third-order valence-corrected chi connectivity index (χ3v) is 6.15. The van der Waals surface area contributed by atoms with Crippen LogP contribution in [0.3, 0.4) is 0 Å². The minimum Gasteiger partial charge on any atom is -0.465 e. The van der Waals surface area contributed by atoms with Crippen LogP contribution in [0.25, 0.3) is 0 Å². The highest BCUT2D eigenvalue weighted by atomic mass is 16.5. The van der Waals surface area contributed by atoms with Crippen LogP contribution in [0.5, 0.6) is 0 Å². The molecular formula is C22H32O6. The Labute approximate surface area is 166 Å². The van der Waals surface area contributed by atoms with Gasteiger partial charge >= 0.3 is 5.97 Å². The summed E-state index contributed by atoms with van der Waals surface area (Å²) in [5, 5.41) is 21.4. The van der Waals surface area contributed by atoms with Crippen LogP contribution in [0.2, 0.25) is 0 Å². The Bertz CT molecular complexity index is 592. The van der Waals surface area contributed by atoms with Crippen LogP contribution in [0, 0.1) is 17.8 Å². The molecule has 0 spiro atoms. The number of esters is 1. The minimum absolute atomic E-state index is 0.0917. The standard InChI is InChI=1S/C22H32O6/c23-15-9-5-3-1-2-4-7-12-28-22(26)21-16(13-15)20(17(24)14-18(21)25)19-10-6-8-11-27-19/h2,4-5,9,16-21,24-25H,1,3,6-8,10-14H2/b4-2+,9-5+. The number of allylic oxidation sites excluding steroid dienone is 3. The van der Waals surface area contributed by atoms with Crippen molar-refractivity contribution in [3.05, 3.63) is 24.3 Å². The zero-order valence-corrected chi connectivity index (χ0v) is 16.4. The molecule has 2 aliphatic heterocycles. The summed E-state index contributed by atoms with van der Waals surface area (Å²) in [7, 11) is 0. The fraction of sp³-hybridized carbons (Fsp3) is 0.727. The van der Waals surface area contributed by atoms with Gasteiger partial charge in [-0.3, -0.25) is 9.59 Å². The van der Waals surface area contributed by atoms with Crippen LogP contribution >= 0.6 is 0 Å². The topological polar surface area (TPSA) is 93.1 Å². The maximum absolute atomic E-state index is 12.8. The molecule has 1 saturated carbocycles. The Morgan fingerprint density at radius 3 is 2.50 bits per heavy atom. The van der Waals surface area contributed by atoms with E-state index in [0.29, 0.717) is 13.0 Å². The quantitative estimate of drug-likeness (QED) is 0.526. The number of carbonyl (C=O) groups excluding carboxylic acids is 2. The van der Waals surface area contributed by atoms with Crippen LogP contribution in [-0.2, 0) is 19.1 Å². The molecule has 2 heterocycles. The molecule has 1 aliphatic carbocycles. The van der Waals surface area contributed by atoms with Gasteiger partial charge < -0.3 is 19.7 Å². The highest BCUT2D eigenvalue weighted by Gasteiger charge is 2.51. The van der Waals surface area contributed by atoms with E-state index in [0.717, 1.165) is 32.1 Å². The van der Waals surface area contributed by atoms with Crippen molar-refractivity contribution in [2.24, 2.45) is 17.8 Å². The van der Waals surface area contributed by atoms with Crippen molar-refractivity contribution >= 4 is 11.8 Å². The molecule has 2 fully saturated rings. The summed E-state index contributed by atoms with van der Waals surface area (Å²) in [6.07, 6.45) is 10.6. The lowest BCUT2D eigenvalue weighted by Gasteiger charge is -2.46. The van der Waals surface area contributed by atoms with Gasteiger partial charge in [0.05, 0.1) is 30.8 Å². The number of ether oxygens (including phenoxy) is 2. The average Bonchev–Trinajstić information content (AvgIpc) is 2.66. The number of rotatable bonds is 1. The smallest absolute Gasteiger partial charge is 0.311 e. The first-order valence-corrected chi connectivity index (χ1v) is 10.6. The number of aliphatic hydroxyl groups is 2. The Balaban J connectivity index is 1.87. The van der Waals surface area contributed by atoms with Gasteiger partial charge in [-0.05, 0) is 50.5 Å². The summed E-state index contributed by atoms with van der Waals surface area (Å²) in [5.41, 5.74) is 0. The lowest BCUT2D eigenvalue weighted by molar-refractivity contribution is -0.175. The Morgan fingerprint density at radius 2 is 1.71 bits per heavy atom. The second-order valence-electron chi connectivity index (χ2n) is 8.12. The number of carbonyl (C=O) groups is 2. The molecule has 6 unspecified atom stereocenters. The number of ketones is 1. The van der Waals surface area contributed by atoms with Crippen molar-refractivity contribution in [2.75, 3.05) is 13.2 Å². The third kappa shape index (κ3) is 5.31. The predicted octanol–water partition coefficient (Wildman–Crippen LogP) is 2.33. The van der Waals surface area contributed by atoms with Crippen LogP contribution < -0.4 is 0 Å². The van der Waals surface area contributed by atoms with Gasteiger partial charge in [0.15, 0.2) is 5.78 Å². The van der Waals surface area contributed by atoms with E-state index < -0.39 is 30.0 Å². The number of hydrogen-bond acceptors (Lipinski definition) is 6. The van der Waals surface area contributed by atoms with Crippen LogP contribution in [0.4, 0.5) is 0 Å². The average molecular weight is 392 g/mol. The summed E-state index contributed by atoms with van der Waals surface area (Å²) in [6, 6.07) is 0.